The van der Waals surface area contributed by atoms with Gasteiger partial charge in [0.15, 0.2) is 0 Å². The summed E-state index contributed by atoms with van der Waals surface area (Å²) in [6.45, 7) is 7.10. The highest BCUT2D eigenvalue weighted by Crippen LogP contribution is 2.16. The van der Waals surface area contributed by atoms with Crippen LogP contribution in [0.4, 0.5) is 0 Å². The van der Waals surface area contributed by atoms with Crippen LogP contribution in [-0.2, 0) is 0 Å². The van der Waals surface area contributed by atoms with Crippen LogP contribution in [0.15, 0.2) is 30.7 Å². The SMILES string of the molecule is C=C(Oc1cccnc1C)C(C)=N. The second-order valence-electron chi connectivity index (χ2n) is 2.74. The Hall–Kier alpha value is -1.64. The van der Waals surface area contributed by atoms with E-state index in [1.807, 2.05) is 6.92 Å². The van der Waals surface area contributed by atoms with Crippen molar-refractivity contribution in [2.75, 3.05) is 0 Å². The molecule has 1 aromatic heterocycles. The van der Waals surface area contributed by atoms with Crippen LogP contribution < -0.4 is 4.74 Å². The number of rotatable bonds is 3. The van der Waals surface area contributed by atoms with Gasteiger partial charge in [0.05, 0.1) is 11.4 Å². The smallest absolute Gasteiger partial charge is 0.148 e. The van der Waals surface area contributed by atoms with Crippen molar-refractivity contribution in [2.45, 2.75) is 13.8 Å². The van der Waals surface area contributed by atoms with Gasteiger partial charge in [-0.25, -0.2) is 0 Å². The van der Waals surface area contributed by atoms with E-state index in [2.05, 4.69) is 11.6 Å². The minimum atomic E-state index is 0.322. The van der Waals surface area contributed by atoms with Crippen LogP contribution >= 0.6 is 0 Å². The standard InChI is InChI=1S/C10H12N2O/c1-7(11)9(3)13-10-5-4-6-12-8(10)2/h4-6,11H,3H2,1-2H3. The van der Waals surface area contributed by atoms with E-state index >= 15 is 0 Å². The third-order valence-corrected chi connectivity index (χ3v) is 1.61. The fourth-order valence-corrected chi connectivity index (χ4v) is 0.787. The molecule has 1 heterocycles. The highest BCUT2D eigenvalue weighted by atomic mass is 16.5. The molecule has 0 saturated carbocycles. The molecule has 0 aliphatic heterocycles. The van der Waals surface area contributed by atoms with Gasteiger partial charge in [-0.05, 0) is 26.0 Å². The van der Waals surface area contributed by atoms with Crippen LogP contribution in [0.25, 0.3) is 0 Å². The van der Waals surface area contributed by atoms with Gasteiger partial charge >= 0.3 is 0 Å². The molecular formula is C10H12N2O. The second kappa shape index (κ2) is 3.85. The minimum Gasteiger partial charge on any atom is -0.454 e. The van der Waals surface area contributed by atoms with Gasteiger partial charge in [-0.2, -0.15) is 0 Å². The van der Waals surface area contributed by atoms with Crippen LogP contribution in [0.3, 0.4) is 0 Å². The largest absolute Gasteiger partial charge is 0.454 e. The van der Waals surface area contributed by atoms with E-state index in [1.165, 1.54) is 0 Å². The number of hydrogen-bond donors (Lipinski definition) is 1. The van der Waals surface area contributed by atoms with Crippen LogP contribution in [0.2, 0.25) is 0 Å². The van der Waals surface area contributed by atoms with Crippen molar-refractivity contribution in [1.29, 1.82) is 5.41 Å². The molecule has 0 aromatic carbocycles. The van der Waals surface area contributed by atoms with Gasteiger partial charge in [-0.1, -0.05) is 6.58 Å². The third-order valence-electron chi connectivity index (χ3n) is 1.61. The summed E-state index contributed by atoms with van der Waals surface area (Å²) < 4.78 is 5.33. The number of nitrogens with one attached hydrogen (secondary N) is 1. The molecule has 0 saturated heterocycles. The summed E-state index contributed by atoms with van der Waals surface area (Å²) in [4.78, 5) is 4.05. The van der Waals surface area contributed by atoms with Crippen molar-refractivity contribution in [3.8, 4) is 5.75 Å². The van der Waals surface area contributed by atoms with E-state index < -0.39 is 0 Å². The first-order chi connectivity index (χ1) is 6.11. The average molecular weight is 176 g/mol. The summed E-state index contributed by atoms with van der Waals surface area (Å²) in [6, 6.07) is 3.59. The van der Waals surface area contributed by atoms with Crippen molar-refractivity contribution in [3.63, 3.8) is 0 Å². The molecule has 0 atom stereocenters. The zero-order chi connectivity index (χ0) is 9.84. The molecule has 13 heavy (non-hydrogen) atoms. The molecule has 0 radical (unpaired) electrons. The summed E-state index contributed by atoms with van der Waals surface area (Å²) in [5.74, 6) is 1.01. The predicted octanol–water partition coefficient (Wildman–Crippen LogP) is 2.32. The third kappa shape index (κ3) is 2.40. The molecule has 68 valence electrons. The first-order valence-corrected chi connectivity index (χ1v) is 3.95. The topological polar surface area (TPSA) is 46.0 Å². The molecule has 0 spiro atoms. The molecule has 0 aliphatic carbocycles. The zero-order valence-electron chi connectivity index (χ0n) is 7.79. The van der Waals surface area contributed by atoms with E-state index in [0.29, 0.717) is 17.2 Å². The van der Waals surface area contributed by atoms with Gasteiger partial charge in [-0.3, -0.25) is 4.98 Å². The van der Waals surface area contributed by atoms with Crippen molar-refractivity contribution in [3.05, 3.63) is 36.4 Å². The highest BCUT2D eigenvalue weighted by Gasteiger charge is 2.02. The Morgan fingerprint density at radius 1 is 1.62 bits per heavy atom. The van der Waals surface area contributed by atoms with Gasteiger partial charge in [0.1, 0.15) is 11.5 Å². The maximum atomic E-state index is 7.28. The summed E-state index contributed by atoms with van der Waals surface area (Å²) in [5, 5.41) is 7.28. The zero-order valence-corrected chi connectivity index (χ0v) is 7.79. The van der Waals surface area contributed by atoms with Gasteiger partial charge < -0.3 is 10.1 Å². The molecule has 3 heteroatoms. The number of allylic oxidation sites excluding steroid dienone is 1. The number of aromatic nitrogens is 1. The lowest BCUT2D eigenvalue weighted by Gasteiger charge is -2.08. The summed E-state index contributed by atoms with van der Waals surface area (Å²) in [6.07, 6.45) is 1.70. The van der Waals surface area contributed by atoms with Gasteiger partial charge in [0.2, 0.25) is 0 Å². The molecule has 1 N–H and O–H groups in total. The second-order valence-corrected chi connectivity index (χ2v) is 2.74. The number of ether oxygens (including phenoxy) is 1. The van der Waals surface area contributed by atoms with Gasteiger partial charge in [0, 0.05) is 6.20 Å². The fourth-order valence-electron chi connectivity index (χ4n) is 0.787. The van der Waals surface area contributed by atoms with Crippen LogP contribution in [0.1, 0.15) is 12.6 Å². The molecule has 1 aromatic rings. The first-order valence-electron chi connectivity index (χ1n) is 3.95. The van der Waals surface area contributed by atoms with E-state index in [9.17, 15) is 0 Å². The first kappa shape index (κ1) is 9.45. The van der Waals surface area contributed by atoms with Crippen LogP contribution in [-0.4, -0.2) is 10.7 Å². The van der Waals surface area contributed by atoms with Crippen LogP contribution in [0, 0.1) is 12.3 Å². The summed E-state index contributed by atoms with van der Waals surface area (Å²) >= 11 is 0. The van der Waals surface area contributed by atoms with E-state index in [-0.39, 0.29) is 0 Å². The Morgan fingerprint density at radius 3 is 2.85 bits per heavy atom. The molecular weight excluding hydrogens is 164 g/mol. The van der Waals surface area contributed by atoms with Crippen molar-refractivity contribution in [1.82, 2.24) is 4.98 Å². The summed E-state index contributed by atoms with van der Waals surface area (Å²) in [5.41, 5.74) is 1.12. The fraction of sp³-hybridized carbons (Fsp3) is 0.200. The Bertz CT molecular complexity index is 345. The molecule has 0 unspecified atom stereocenters. The molecule has 0 aliphatic rings. The van der Waals surface area contributed by atoms with E-state index in [4.69, 9.17) is 10.1 Å². The predicted molar refractivity (Wildman–Crippen MR) is 52.1 cm³/mol. The molecule has 1 rings (SSSR count). The number of pyridine rings is 1. The summed E-state index contributed by atoms with van der Waals surface area (Å²) in [7, 11) is 0. The Morgan fingerprint density at radius 2 is 2.31 bits per heavy atom. The Balaban J connectivity index is 2.81. The normalized spacial score (nSPS) is 9.38. The van der Waals surface area contributed by atoms with E-state index in [1.54, 1.807) is 25.3 Å². The molecule has 0 bridgehead atoms. The lowest BCUT2D eigenvalue weighted by Crippen LogP contribution is -2.03. The number of nitrogens with zero attached hydrogens (tertiary/aromatic N) is 1. The van der Waals surface area contributed by atoms with Crippen molar-refractivity contribution < 1.29 is 4.74 Å². The Labute approximate surface area is 77.6 Å². The Kier molecular flexibility index (Phi) is 2.80. The maximum absolute atomic E-state index is 7.28. The molecule has 0 fully saturated rings. The maximum Gasteiger partial charge on any atom is 0.148 e. The quantitative estimate of drug-likeness (QED) is 0.567. The molecule has 0 amide bonds. The van der Waals surface area contributed by atoms with E-state index in [0.717, 1.165) is 5.69 Å². The van der Waals surface area contributed by atoms with Crippen molar-refractivity contribution in [2.24, 2.45) is 0 Å². The number of hydrogen-bond acceptors (Lipinski definition) is 3. The van der Waals surface area contributed by atoms with Gasteiger partial charge in [-0.15, -0.1) is 0 Å². The van der Waals surface area contributed by atoms with Crippen LogP contribution in [0.5, 0.6) is 5.75 Å². The molecule has 3 nitrogen and oxygen atoms in total. The van der Waals surface area contributed by atoms with Gasteiger partial charge in [0.25, 0.3) is 0 Å². The monoisotopic (exact) mass is 176 g/mol. The average Bonchev–Trinajstić information content (AvgIpc) is 2.08. The highest BCUT2D eigenvalue weighted by molar-refractivity contribution is 5.93. The lowest BCUT2D eigenvalue weighted by atomic mass is 10.3. The number of aryl methyl sites for hydroxylation is 1. The minimum absolute atomic E-state index is 0.322. The van der Waals surface area contributed by atoms with Crippen molar-refractivity contribution >= 4 is 5.71 Å². The lowest BCUT2D eigenvalue weighted by molar-refractivity contribution is 0.449.